The first-order valence-corrected chi connectivity index (χ1v) is 10.2. The molecule has 8 heteroatoms. The number of carbonyl (C=O) groups excluding carboxylic acids is 3. The van der Waals surface area contributed by atoms with Crippen molar-refractivity contribution in [2.24, 2.45) is 17.6 Å². The van der Waals surface area contributed by atoms with Crippen LogP contribution in [0, 0.1) is 11.8 Å². The fourth-order valence-corrected chi connectivity index (χ4v) is 5.32. The number of ether oxygens (including phenoxy) is 1. The van der Waals surface area contributed by atoms with E-state index < -0.39 is 0 Å². The Morgan fingerprint density at radius 3 is 2.59 bits per heavy atom. The van der Waals surface area contributed by atoms with Crippen molar-refractivity contribution in [3.8, 4) is 0 Å². The van der Waals surface area contributed by atoms with Crippen LogP contribution in [-0.2, 0) is 27.2 Å². The van der Waals surface area contributed by atoms with Crippen molar-refractivity contribution in [2.75, 3.05) is 32.1 Å². The van der Waals surface area contributed by atoms with Gasteiger partial charge in [0.15, 0.2) is 0 Å². The lowest BCUT2D eigenvalue weighted by Gasteiger charge is -2.29. The number of hydrogen-bond acceptors (Lipinski definition) is 6. The number of methoxy groups -OCH3 is 1. The summed E-state index contributed by atoms with van der Waals surface area (Å²) in [4.78, 5) is 39.3. The molecule has 1 aromatic heterocycles. The minimum atomic E-state index is -0.389. The summed E-state index contributed by atoms with van der Waals surface area (Å²) < 4.78 is 4.96. The Hall–Kier alpha value is -1.93. The molecular formula is C19H27N3O4S. The molecular weight excluding hydrogens is 366 g/mol. The summed E-state index contributed by atoms with van der Waals surface area (Å²) in [6.07, 6.45) is 4.17. The number of esters is 1. The van der Waals surface area contributed by atoms with E-state index in [1.54, 1.807) is 0 Å². The van der Waals surface area contributed by atoms with Crippen molar-refractivity contribution in [3.05, 3.63) is 16.0 Å². The van der Waals surface area contributed by atoms with Crippen LogP contribution in [0.5, 0.6) is 0 Å². The minimum absolute atomic E-state index is 0.0961. The van der Waals surface area contributed by atoms with Crippen molar-refractivity contribution in [3.63, 3.8) is 0 Å². The third-order valence-corrected chi connectivity index (χ3v) is 6.68. The van der Waals surface area contributed by atoms with Gasteiger partial charge in [-0.2, -0.15) is 0 Å². The van der Waals surface area contributed by atoms with E-state index in [0.717, 1.165) is 24.8 Å². The summed E-state index contributed by atoms with van der Waals surface area (Å²) in [5.41, 5.74) is 6.90. The van der Waals surface area contributed by atoms with Gasteiger partial charge in [0.05, 0.1) is 19.2 Å². The van der Waals surface area contributed by atoms with Gasteiger partial charge >= 0.3 is 5.97 Å². The molecule has 2 aliphatic rings. The van der Waals surface area contributed by atoms with Gasteiger partial charge in [-0.15, -0.1) is 11.3 Å². The van der Waals surface area contributed by atoms with Gasteiger partial charge in [0.1, 0.15) is 5.00 Å². The van der Waals surface area contributed by atoms with E-state index in [0.29, 0.717) is 42.4 Å². The maximum absolute atomic E-state index is 12.5. The fourth-order valence-electron chi connectivity index (χ4n) is 3.90. The van der Waals surface area contributed by atoms with Crippen LogP contribution in [0.2, 0.25) is 0 Å². The molecule has 27 heavy (non-hydrogen) atoms. The van der Waals surface area contributed by atoms with Crippen LogP contribution in [0.4, 0.5) is 5.00 Å². The van der Waals surface area contributed by atoms with E-state index in [9.17, 15) is 14.4 Å². The molecule has 148 valence electrons. The van der Waals surface area contributed by atoms with E-state index in [4.69, 9.17) is 10.5 Å². The number of nitrogens with two attached hydrogens (primary N) is 1. The highest BCUT2D eigenvalue weighted by Gasteiger charge is 2.29. The number of anilines is 1. The summed E-state index contributed by atoms with van der Waals surface area (Å²) in [7, 11) is 1.37. The Balaban J connectivity index is 1.67. The average molecular weight is 394 g/mol. The number of piperidine rings is 1. The van der Waals surface area contributed by atoms with Crippen molar-refractivity contribution in [1.29, 1.82) is 0 Å². The highest BCUT2D eigenvalue weighted by Crippen LogP contribution is 2.40. The van der Waals surface area contributed by atoms with Gasteiger partial charge in [0.25, 0.3) is 0 Å². The SMILES string of the molecule is COC(=O)c1c(NC(=O)CN2CCC(C(N)=O)CC2)sc2c1CCC(C)C2. The molecule has 1 unspecified atom stereocenters. The van der Waals surface area contributed by atoms with Crippen molar-refractivity contribution < 1.29 is 19.1 Å². The van der Waals surface area contributed by atoms with Crippen LogP contribution in [-0.4, -0.2) is 49.4 Å². The average Bonchev–Trinajstić information content (AvgIpc) is 2.98. The Morgan fingerprint density at radius 2 is 1.96 bits per heavy atom. The van der Waals surface area contributed by atoms with Crippen LogP contribution >= 0.6 is 11.3 Å². The Morgan fingerprint density at radius 1 is 1.26 bits per heavy atom. The zero-order valence-corrected chi connectivity index (χ0v) is 16.7. The summed E-state index contributed by atoms with van der Waals surface area (Å²) in [6.45, 7) is 3.78. The number of carbonyl (C=O) groups is 3. The number of nitrogens with one attached hydrogen (secondary N) is 1. The summed E-state index contributed by atoms with van der Waals surface area (Å²) in [5, 5.41) is 3.52. The van der Waals surface area contributed by atoms with Crippen LogP contribution in [0.15, 0.2) is 0 Å². The molecule has 7 nitrogen and oxygen atoms in total. The molecule has 1 aliphatic carbocycles. The monoisotopic (exact) mass is 393 g/mol. The van der Waals surface area contributed by atoms with Crippen molar-refractivity contribution in [1.82, 2.24) is 4.90 Å². The first-order chi connectivity index (χ1) is 12.9. The molecule has 0 spiro atoms. The van der Waals surface area contributed by atoms with Gasteiger partial charge in [0.2, 0.25) is 11.8 Å². The summed E-state index contributed by atoms with van der Waals surface area (Å²) >= 11 is 1.49. The Labute approximate surface area is 163 Å². The van der Waals surface area contributed by atoms with E-state index in [1.807, 2.05) is 4.90 Å². The second kappa shape index (κ2) is 8.39. The normalized spacial score (nSPS) is 20.7. The summed E-state index contributed by atoms with van der Waals surface area (Å²) in [6, 6.07) is 0. The molecule has 1 atom stereocenters. The fraction of sp³-hybridized carbons (Fsp3) is 0.632. The molecule has 0 saturated carbocycles. The van der Waals surface area contributed by atoms with Gasteiger partial charge in [-0.3, -0.25) is 14.5 Å². The molecule has 2 heterocycles. The Kier molecular flexibility index (Phi) is 6.16. The van der Waals surface area contributed by atoms with E-state index in [2.05, 4.69) is 12.2 Å². The Bertz CT molecular complexity index is 738. The second-order valence-corrected chi connectivity index (χ2v) is 8.65. The lowest BCUT2D eigenvalue weighted by molar-refractivity contribution is -0.123. The number of likely N-dealkylation sites (tertiary alicyclic amines) is 1. The number of rotatable bonds is 5. The lowest BCUT2D eigenvalue weighted by Crippen LogP contribution is -2.42. The van der Waals surface area contributed by atoms with Crippen LogP contribution in [0.25, 0.3) is 0 Å². The predicted molar refractivity (Wildman–Crippen MR) is 104 cm³/mol. The van der Waals surface area contributed by atoms with Gasteiger partial charge in [-0.05, 0) is 56.7 Å². The first-order valence-electron chi connectivity index (χ1n) is 9.43. The summed E-state index contributed by atoms with van der Waals surface area (Å²) in [5.74, 6) is -0.317. The largest absolute Gasteiger partial charge is 0.465 e. The highest BCUT2D eigenvalue weighted by atomic mass is 32.1. The first kappa shape index (κ1) is 19.8. The third kappa shape index (κ3) is 4.50. The molecule has 0 bridgehead atoms. The number of primary amides is 1. The van der Waals surface area contributed by atoms with E-state index in [1.165, 1.54) is 23.3 Å². The minimum Gasteiger partial charge on any atom is -0.465 e. The lowest BCUT2D eigenvalue weighted by atomic mass is 9.88. The van der Waals surface area contributed by atoms with Gasteiger partial charge in [-0.1, -0.05) is 6.92 Å². The maximum atomic E-state index is 12.5. The van der Waals surface area contributed by atoms with Crippen LogP contribution in [0.3, 0.4) is 0 Å². The van der Waals surface area contributed by atoms with Gasteiger partial charge < -0.3 is 15.8 Å². The van der Waals surface area contributed by atoms with E-state index in [-0.39, 0.29) is 30.2 Å². The van der Waals surface area contributed by atoms with Crippen molar-refractivity contribution >= 4 is 34.1 Å². The zero-order valence-electron chi connectivity index (χ0n) is 15.9. The quantitative estimate of drug-likeness (QED) is 0.743. The van der Waals surface area contributed by atoms with Crippen LogP contribution in [0.1, 0.15) is 47.0 Å². The predicted octanol–water partition coefficient (Wildman–Crippen LogP) is 1.80. The van der Waals surface area contributed by atoms with Crippen LogP contribution < -0.4 is 11.1 Å². The molecule has 2 amide bonds. The molecule has 1 fully saturated rings. The van der Waals surface area contributed by atoms with Crippen molar-refractivity contribution in [2.45, 2.75) is 39.0 Å². The molecule has 3 N–H and O–H groups in total. The number of amides is 2. The number of nitrogens with zero attached hydrogens (tertiary/aromatic N) is 1. The van der Waals surface area contributed by atoms with E-state index >= 15 is 0 Å². The topological polar surface area (TPSA) is 102 Å². The maximum Gasteiger partial charge on any atom is 0.341 e. The smallest absolute Gasteiger partial charge is 0.341 e. The third-order valence-electron chi connectivity index (χ3n) is 5.51. The van der Waals surface area contributed by atoms with Gasteiger partial charge in [0, 0.05) is 10.8 Å². The number of fused-ring (bicyclic) bond motifs is 1. The standard InChI is InChI=1S/C19H27N3O4S/c1-11-3-4-13-14(9-11)27-18(16(13)19(25)26-2)21-15(23)10-22-7-5-12(6-8-22)17(20)24/h11-12H,3-10H2,1-2H3,(H2,20,24)(H,21,23). The molecule has 1 saturated heterocycles. The van der Waals surface area contributed by atoms with Gasteiger partial charge in [-0.25, -0.2) is 4.79 Å². The second-order valence-electron chi connectivity index (χ2n) is 7.55. The number of thiophene rings is 1. The zero-order chi connectivity index (χ0) is 19.6. The molecule has 0 aromatic carbocycles. The molecule has 1 aliphatic heterocycles. The highest BCUT2D eigenvalue weighted by molar-refractivity contribution is 7.17. The number of hydrogen-bond donors (Lipinski definition) is 2. The molecule has 0 radical (unpaired) electrons. The molecule has 3 rings (SSSR count). The molecule has 1 aromatic rings.